The molecule has 3 aromatic rings. The summed E-state index contributed by atoms with van der Waals surface area (Å²) < 4.78 is 13.1. The van der Waals surface area contributed by atoms with Crippen molar-refractivity contribution in [1.82, 2.24) is 30.5 Å². The molecule has 12 nitrogen and oxygen atoms in total. The first-order valence-corrected chi connectivity index (χ1v) is 15.8. The van der Waals surface area contributed by atoms with Crippen molar-refractivity contribution in [2.75, 3.05) is 32.6 Å². The first-order valence-electron chi connectivity index (χ1n) is 15.8. The number of carbonyl (C=O) groups excluding carboxylic acids is 3. The van der Waals surface area contributed by atoms with E-state index >= 15 is 0 Å². The van der Waals surface area contributed by atoms with Crippen LogP contribution in [0, 0.1) is 11.8 Å². The highest BCUT2D eigenvalue weighted by Crippen LogP contribution is 2.32. The zero-order valence-corrected chi connectivity index (χ0v) is 26.0. The number of imide groups is 1. The van der Waals surface area contributed by atoms with Crippen LogP contribution in [0.4, 0.5) is 5.69 Å². The number of rotatable bonds is 10. The molecule has 3 aliphatic rings. The Morgan fingerprint density at radius 1 is 1.11 bits per heavy atom. The first-order chi connectivity index (χ1) is 22.4. The van der Waals surface area contributed by atoms with Gasteiger partial charge in [0.25, 0.3) is 5.91 Å². The standard InChI is InChI=1S/C34H39N7O5/c1-45-31-19-23(8-13-28(31)35)29-21-41(39-38-29)25-11-9-24(10-12-25)36-16-4-18-46-17-3-6-22-5-2-7-26-27(22)20-40(34(26)44)30-14-15-32(42)37-33(30)43/h2,5,7-8,13,19,21,24-25,30,36H,4,9-12,14-18,20,35H2,1H3,(H,37,42,43). The van der Waals surface area contributed by atoms with E-state index in [1.165, 1.54) is 0 Å². The molecule has 1 aliphatic carbocycles. The summed E-state index contributed by atoms with van der Waals surface area (Å²) in [6, 6.07) is 11.3. The van der Waals surface area contributed by atoms with Crippen LogP contribution in [0.1, 0.15) is 72.5 Å². The van der Waals surface area contributed by atoms with Crippen molar-refractivity contribution >= 4 is 23.4 Å². The van der Waals surface area contributed by atoms with Crippen LogP contribution in [-0.2, 0) is 20.9 Å². The second-order valence-corrected chi connectivity index (χ2v) is 11.9. The van der Waals surface area contributed by atoms with Gasteiger partial charge in [0.1, 0.15) is 24.1 Å². The molecule has 2 aliphatic heterocycles. The lowest BCUT2D eigenvalue weighted by molar-refractivity contribution is -0.136. The number of nitrogens with one attached hydrogen (secondary N) is 2. The molecule has 3 heterocycles. The Labute approximate surface area is 268 Å². The van der Waals surface area contributed by atoms with Crippen molar-refractivity contribution in [2.24, 2.45) is 0 Å². The predicted molar refractivity (Wildman–Crippen MR) is 171 cm³/mol. The van der Waals surface area contributed by atoms with E-state index in [9.17, 15) is 14.4 Å². The molecule has 1 unspecified atom stereocenters. The molecule has 3 amide bonds. The number of anilines is 1. The Kier molecular flexibility index (Phi) is 9.61. The topological polar surface area (TPSA) is 154 Å². The molecule has 0 spiro atoms. The summed E-state index contributed by atoms with van der Waals surface area (Å²) in [7, 11) is 1.60. The van der Waals surface area contributed by atoms with Gasteiger partial charge in [0.2, 0.25) is 11.8 Å². The molecule has 4 N–H and O–H groups in total. The number of fused-ring (bicyclic) bond motifs is 1. The molecule has 2 fully saturated rings. The maximum absolute atomic E-state index is 13.0. The Hall–Kier alpha value is -4.73. The van der Waals surface area contributed by atoms with Crippen molar-refractivity contribution < 1.29 is 23.9 Å². The molecule has 12 heteroatoms. The highest BCUT2D eigenvalue weighted by atomic mass is 16.5. The van der Waals surface area contributed by atoms with Crippen LogP contribution in [0.15, 0.2) is 42.6 Å². The Morgan fingerprint density at radius 2 is 1.96 bits per heavy atom. The number of nitrogens with two attached hydrogens (primary N) is 1. The minimum Gasteiger partial charge on any atom is -0.495 e. The summed E-state index contributed by atoms with van der Waals surface area (Å²) in [5, 5.41) is 14.8. The number of benzene rings is 2. The molecule has 240 valence electrons. The van der Waals surface area contributed by atoms with Gasteiger partial charge < -0.3 is 25.4 Å². The van der Waals surface area contributed by atoms with E-state index in [1.807, 2.05) is 35.1 Å². The number of hydrogen-bond donors (Lipinski definition) is 3. The average molecular weight is 626 g/mol. The third kappa shape index (κ3) is 6.90. The molecule has 1 aromatic heterocycles. The number of nitrogens with zero attached hydrogens (tertiary/aromatic N) is 4. The van der Waals surface area contributed by atoms with Crippen molar-refractivity contribution in [3.63, 3.8) is 0 Å². The van der Waals surface area contributed by atoms with Crippen molar-refractivity contribution in [2.45, 2.75) is 69.6 Å². The number of nitrogen functional groups attached to an aromatic ring is 1. The first kappa shape index (κ1) is 31.3. The zero-order valence-electron chi connectivity index (χ0n) is 26.0. The zero-order chi connectivity index (χ0) is 32.0. The number of aromatic nitrogens is 3. The van der Waals surface area contributed by atoms with Crippen molar-refractivity contribution in [3.8, 4) is 28.8 Å². The Bertz CT molecular complexity index is 1670. The van der Waals surface area contributed by atoms with Gasteiger partial charge in [0.15, 0.2) is 0 Å². The summed E-state index contributed by atoms with van der Waals surface area (Å²) >= 11 is 0. The minimum absolute atomic E-state index is 0.200. The molecule has 6 rings (SSSR count). The molecule has 1 atom stereocenters. The highest BCUT2D eigenvalue weighted by molar-refractivity contribution is 6.05. The molecule has 1 saturated carbocycles. The van der Waals surface area contributed by atoms with Gasteiger partial charge in [-0.25, -0.2) is 4.68 Å². The second kappa shape index (κ2) is 14.1. The normalized spacial score (nSPS) is 21.0. The van der Waals surface area contributed by atoms with Crippen LogP contribution in [-0.4, -0.2) is 76.6 Å². The van der Waals surface area contributed by atoms with Crippen LogP contribution in [0.3, 0.4) is 0 Å². The van der Waals surface area contributed by atoms with E-state index in [2.05, 4.69) is 32.8 Å². The third-order valence-corrected chi connectivity index (χ3v) is 8.99. The number of amides is 3. The van der Waals surface area contributed by atoms with E-state index in [4.69, 9.17) is 15.2 Å². The lowest BCUT2D eigenvalue weighted by Crippen LogP contribution is -2.52. The number of piperidine rings is 1. The van der Waals surface area contributed by atoms with Gasteiger partial charge in [0, 0.05) is 42.3 Å². The lowest BCUT2D eigenvalue weighted by Gasteiger charge is -2.29. The fourth-order valence-electron chi connectivity index (χ4n) is 6.44. The molecule has 46 heavy (non-hydrogen) atoms. The molecular formula is C34H39N7O5. The smallest absolute Gasteiger partial charge is 0.255 e. The molecule has 0 radical (unpaired) electrons. The van der Waals surface area contributed by atoms with Gasteiger partial charge in [-0.2, -0.15) is 0 Å². The van der Waals surface area contributed by atoms with E-state index in [1.54, 1.807) is 24.1 Å². The van der Waals surface area contributed by atoms with Gasteiger partial charge in [-0.1, -0.05) is 29.2 Å². The third-order valence-electron chi connectivity index (χ3n) is 8.99. The largest absolute Gasteiger partial charge is 0.495 e. The Morgan fingerprint density at radius 3 is 2.76 bits per heavy atom. The maximum atomic E-state index is 13.0. The lowest BCUT2D eigenvalue weighted by atomic mass is 9.91. The molecule has 0 bridgehead atoms. The summed E-state index contributed by atoms with van der Waals surface area (Å²) in [6.45, 7) is 2.07. The summed E-state index contributed by atoms with van der Waals surface area (Å²) in [5.74, 6) is 5.92. The number of carbonyl (C=O) groups is 3. The van der Waals surface area contributed by atoms with Crippen LogP contribution < -0.4 is 21.1 Å². The minimum atomic E-state index is -0.640. The van der Waals surface area contributed by atoms with Gasteiger partial charge in [-0.3, -0.25) is 19.7 Å². The highest BCUT2D eigenvalue weighted by Gasteiger charge is 2.39. The van der Waals surface area contributed by atoms with E-state index in [-0.39, 0.29) is 18.2 Å². The average Bonchev–Trinajstić information content (AvgIpc) is 3.69. The van der Waals surface area contributed by atoms with Crippen LogP contribution >= 0.6 is 0 Å². The summed E-state index contributed by atoms with van der Waals surface area (Å²) in [4.78, 5) is 38.4. The fraction of sp³-hybridized carbons (Fsp3) is 0.441. The fourth-order valence-corrected chi connectivity index (χ4v) is 6.44. The maximum Gasteiger partial charge on any atom is 0.255 e. The van der Waals surface area contributed by atoms with Gasteiger partial charge in [0.05, 0.1) is 25.0 Å². The van der Waals surface area contributed by atoms with E-state index in [0.717, 1.165) is 61.0 Å². The van der Waals surface area contributed by atoms with E-state index < -0.39 is 11.9 Å². The van der Waals surface area contributed by atoms with E-state index in [0.29, 0.717) is 55.3 Å². The van der Waals surface area contributed by atoms with Crippen molar-refractivity contribution in [3.05, 3.63) is 59.3 Å². The van der Waals surface area contributed by atoms with Gasteiger partial charge >= 0.3 is 0 Å². The van der Waals surface area contributed by atoms with Crippen LogP contribution in [0.2, 0.25) is 0 Å². The quantitative estimate of drug-likeness (QED) is 0.134. The van der Waals surface area contributed by atoms with Crippen LogP contribution in [0.5, 0.6) is 5.75 Å². The van der Waals surface area contributed by atoms with Crippen molar-refractivity contribution in [1.29, 1.82) is 0 Å². The number of methoxy groups -OCH3 is 1. The number of hydrogen-bond acceptors (Lipinski definition) is 9. The van der Waals surface area contributed by atoms with Gasteiger partial charge in [-0.05, 0) is 74.9 Å². The van der Waals surface area contributed by atoms with Crippen LogP contribution in [0.25, 0.3) is 11.3 Å². The summed E-state index contributed by atoms with van der Waals surface area (Å²) in [5.41, 5.74) is 10.4. The Balaban J connectivity index is 0.892. The second-order valence-electron chi connectivity index (χ2n) is 11.9. The number of ether oxygens (including phenoxy) is 2. The predicted octanol–water partition coefficient (Wildman–Crippen LogP) is 2.83. The SMILES string of the molecule is COc1cc(-c2cn(C3CCC(NCCCOCC#Cc4cccc5c4CN(C4CCC(=O)NC4=O)C5=O)CC3)nn2)ccc1N. The molecule has 1 saturated heterocycles. The molecular weight excluding hydrogens is 586 g/mol. The van der Waals surface area contributed by atoms with Gasteiger partial charge in [-0.15, -0.1) is 5.10 Å². The summed E-state index contributed by atoms with van der Waals surface area (Å²) in [6.07, 6.45) is 7.68. The molecule has 2 aromatic carbocycles. The monoisotopic (exact) mass is 625 g/mol.